The first-order valence-electron chi connectivity index (χ1n) is 10.7. The number of amides is 1. The fraction of sp³-hybridized carbons (Fsp3) is 0.417. The maximum atomic E-state index is 12.8. The van der Waals surface area contributed by atoms with Gasteiger partial charge < -0.3 is 10.1 Å². The summed E-state index contributed by atoms with van der Waals surface area (Å²) in [5.74, 6) is 1.80. The van der Waals surface area contributed by atoms with Crippen molar-refractivity contribution in [1.82, 2.24) is 9.78 Å². The average molecular weight is 460 g/mol. The monoisotopic (exact) mass is 459 g/mol. The van der Waals surface area contributed by atoms with E-state index in [1.165, 1.54) is 12.8 Å². The van der Waals surface area contributed by atoms with Crippen molar-refractivity contribution < 1.29 is 9.53 Å². The Kier molecular flexibility index (Phi) is 6.44. The molecule has 0 saturated heterocycles. The quantitative estimate of drug-likeness (QED) is 0.446. The Balaban J connectivity index is 1.58. The van der Waals surface area contributed by atoms with Crippen LogP contribution in [0, 0.1) is 11.8 Å². The summed E-state index contributed by atoms with van der Waals surface area (Å²) in [5, 5.41) is 9.50. The summed E-state index contributed by atoms with van der Waals surface area (Å²) in [6.07, 6.45) is 6.85. The van der Waals surface area contributed by atoms with Crippen LogP contribution in [0.2, 0.25) is 10.0 Å². The van der Waals surface area contributed by atoms with Crippen molar-refractivity contribution >= 4 is 45.7 Å². The number of halogens is 2. The van der Waals surface area contributed by atoms with Gasteiger partial charge in [-0.3, -0.25) is 9.48 Å². The van der Waals surface area contributed by atoms with Crippen LogP contribution in [0.5, 0.6) is 5.75 Å². The maximum absolute atomic E-state index is 12.8. The van der Waals surface area contributed by atoms with Gasteiger partial charge in [0.2, 0.25) is 0 Å². The highest BCUT2D eigenvalue weighted by atomic mass is 35.5. The number of carbonyl (C=O) groups is 1. The summed E-state index contributed by atoms with van der Waals surface area (Å²) < 4.78 is 7.60. The van der Waals surface area contributed by atoms with E-state index in [9.17, 15) is 4.79 Å². The first kappa shape index (κ1) is 22.0. The molecule has 31 heavy (non-hydrogen) atoms. The van der Waals surface area contributed by atoms with E-state index in [0.717, 1.165) is 35.6 Å². The fourth-order valence-electron chi connectivity index (χ4n) is 4.44. The summed E-state index contributed by atoms with van der Waals surface area (Å²) in [5.41, 5.74) is 1.82. The minimum Gasteiger partial charge on any atom is -0.494 e. The summed E-state index contributed by atoms with van der Waals surface area (Å²) >= 11 is 12.1. The first-order valence-corrected chi connectivity index (χ1v) is 11.4. The zero-order chi connectivity index (χ0) is 22.1. The van der Waals surface area contributed by atoms with Gasteiger partial charge in [0.05, 0.1) is 24.4 Å². The smallest absolute Gasteiger partial charge is 0.255 e. The molecule has 3 aromatic rings. The normalized spacial score (nSPS) is 19.0. The summed E-state index contributed by atoms with van der Waals surface area (Å²) in [6.45, 7) is 4.62. The Hall–Kier alpha value is -2.24. The maximum Gasteiger partial charge on any atom is 0.255 e. The Morgan fingerprint density at radius 1 is 1.10 bits per heavy atom. The number of methoxy groups -OCH3 is 1. The van der Waals surface area contributed by atoms with Gasteiger partial charge in [0.15, 0.2) is 0 Å². The molecule has 2 aromatic carbocycles. The topological polar surface area (TPSA) is 56.1 Å². The molecule has 1 amide bonds. The van der Waals surface area contributed by atoms with Crippen LogP contribution in [0.25, 0.3) is 10.9 Å². The van der Waals surface area contributed by atoms with E-state index in [2.05, 4.69) is 30.0 Å². The molecule has 1 fully saturated rings. The number of nitrogens with one attached hydrogen (secondary N) is 1. The Morgan fingerprint density at radius 3 is 2.39 bits per heavy atom. The zero-order valence-electron chi connectivity index (χ0n) is 18.0. The van der Waals surface area contributed by atoms with Crippen LogP contribution in [-0.2, 0) is 0 Å². The number of benzene rings is 2. The average Bonchev–Trinajstić information content (AvgIpc) is 3.15. The molecule has 0 atom stereocenters. The van der Waals surface area contributed by atoms with Gasteiger partial charge in [0.1, 0.15) is 5.75 Å². The molecular formula is C24H27Cl2N3O2. The molecule has 164 valence electrons. The van der Waals surface area contributed by atoms with Gasteiger partial charge in [-0.25, -0.2) is 0 Å². The predicted molar refractivity (Wildman–Crippen MR) is 127 cm³/mol. The van der Waals surface area contributed by atoms with Crippen molar-refractivity contribution in [2.24, 2.45) is 11.8 Å². The number of nitrogens with zero attached hydrogens (tertiary/aromatic N) is 2. The lowest BCUT2D eigenvalue weighted by molar-refractivity contribution is 0.102. The number of carbonyl (C=O) groups excluding carboxylic acids is 1. The van der Waals surface area contributed by atoms with Gasteiger partial charge in [0, 0.05) is 33.3 Å². The second-order valence-electron chi connectivity index (χ2n) is 8.65. The number of fused-ring (bicyclic) bond motifs is 1. The lowest BCUT2D eigenvalue weighted by atomic mass is 9.80. The summed E-state index contributed by atoms with van der Waals surface area (Å²) in [4.78, 5) is 12.8. The standard InChI is InChI=1S/C24H27Cl2N3O2/c1-14(2)15-4-6-20(7-5-15)29-13-17-10-22(23(31-3)12-21(17)28-29)27-24(30)16-8-18(25)11-19(26)9-16/h8-15,20H,4-7H2,1-3H3,(H,27,30)/t15-,20-. The van der Waals surface area contributed by atoms with Crippen LogP contribution in [0.3, 0.4) is 0 Å². The molecule has 5 nitrogen and oxygen atoms in total. The number of rotatable bonds is 5. The van der Waals surface area contributed by atoms with Crippen molar-refractivity contribution in [3.05, 3.63) is 52.1 Å². The third-order valence-electron chi connectivity index (χ3n) is 6.27. The van der Waals surface area contributed by atoms with Crippen molar-refractivity contribution in [2.75, 3.05) is 12.4 Å². The van der Waals surface area contributed by atoms with E-state index < -0.39 is 0 Å². The third kappa shape index (κ3) is 4.83. The molecule has 1 N–H and O–H groups in total. The molecule has 1 aliphatic rings. The molecule has 4 rings (SSSR count). The van der Waals surface area contributed by atoms with Gasteiger partial charge in [-0.05, 0) is 61.8 Å². The van der Waals surface area contributed by atoms with Crippen molar-refractivity contribution in [3.8, 4) is 5.75 Å². The first-order chi connectivity index (χ1) is 14.8. The second-order valence-corrected chi connectivity index (χ2v) is 9.52. The van der Waals surface area contributed by atoms with Crippen LogP contribution >= 0.6 is 23.2 Å². The van der Waals surface area contributed by atoms with Crippen LogP contribution in [-0.4, -0.2) is 22.8 Å². The molecule has 0 radical (unpaired) electrons. The lowest BCUT2D eigenvalue weighted by Crippen LogP contribution is -2.21. The SMILES string of the molecule is COc1cc2nn([C@H]3CC[C@H](C(C)C)CC3)cc2cc1NC(=O)c1cc(Cl)cc(Cl)c1. The van der Waals surface area contributed by atoms with Crippen LogP contribution < -0.4 is 10.1 Å². The van der Waals surface area contributed by atoms with Crippen LogP contribution in [0.4, 0.5) is 5.69 Å². The van der Waals surface area contributed by atoms with E-state index in [4.69, 9.17) is 33.0 Å². The van der Waals surface area contributed by atoms with Crippen molar-refractivity contribution in [2.45, 2.75) is 45.6 Å². The van der Waals surface area contributed by atoms with E-state index in [-0.39, 0.29) is 5.91 Å². The van der Waals surface area contributed by atoms with Crippen LogP contribution in [0.15, 0.2) is 36.5 Å². The van der Waals surface area contributed by atoms with E-state index in [0.29, 0.717) is 33.1 Å². The molecule has 1 saturated carbocycles. The number of anilines is 1. The molecule has 0 spiro atoms. The molecule has 1 heterocycles. The largest absolute Gasteiger partial charge is 0.494 e. The number of ether oxygens (including phenoxy) is 1. The van der Waals surface area contributed by atoms with Gasteiger partial charge >= 0.3 is 0 Å². The van der Waals surface area contributed by atoms with Gasteiger partial charge in [-0.2, -0.15) is 5.10 Å². The molecule has 1 aromatic heterocycles. The number of hydrogen-bond donors (Lipinski definition) is 1. The van der Waals surface area contributed by atoms with E-state index >= 15 is 0 Å². The lowest BCUT2D eigenvalue weighted by Gasteiger charge is -2.30. The highest BCUT2D eigenvalue weighted by molar-refractivity contribution is 6.35. The minimum absolute atomic E-state index is 0.304. The second kappa shape index (κ2) is 9.09. The predicted octanol–water partition coefficient (Wildman–Crippen LogP) is 6.99. The zero-order valence-corrected chi connectivity index (χ0v) is 19.5. The fourth-order valence-corrected chi connectivity index (χ4v) is 4.96. The van der Waals surface area contributed by atoms with E-state index in [1.807, 2.05) is 12.1 Å². The Bertz CT molecular complexity index is 1080. The third-order valence-corrected chi connectivity index (χ3v) is 6.71. The molecule has 0 bridgehead atoms. The highest BCUT2D eigenvalue weighted by Gasteiger charge is 2.25. The van der Waals surface area contributed by atoms with Gasteiger partial charge in [-0.1, -0.05) is 37.0 Å². The summed E-state index contributed by atoms with van der Waals surface area (Å²) in [7, 11) is 1.58. The van der Waals surface area contributed by atoms with E-state index in [1.54, 1.807) is 25.3 Å². The Morgan fingerprint density at radius 2 is 1.77 bits per heavy atom. The molecular weight excluding hydrogens is 433 g/mol. The molecule has 1 aliphatic carbocycles. The summed E-state index contributed by atoms with van der Waals surface area (Å²) in [6, 6.07) is 8.95. The number of hydrogen-bond acceptors (Lipinski definition) is 3. The van der Waals surface area contributed by atoms with Crippen molar-refractivity contribution in [3.63, 3.8) is 0 Å². The molecule has 0 aliphatic heterocycles. The van der Waals surface area contributed by atoms with Gasteiger partial charge in [-0.15, -0.1) is 0 Å². The minimum atomic E-state index is -0.304. The molecule has 7 heteroatoms. The van der Waals surface area contributed by atoms with Gasteiger partial charge in [0.25, 0.3) is 5.91 Å². The number of aromatic nitrogens is 2. The highest BCUT2D eigenvalue weighted by Crippen LogP contribution is 2.37. The van der Waals surface area contributed by atoms with Crippen LogP contribution in [0.1, 0.15) is 55.9 Å². The molecule has 0 unspecified atom stereocenters. The van der Waals surface area contributed by atoms with Crippen molar-refractivity contribution in [1.29, 1.82) is 0 Å². The Labute approximate surface area is 192 Å².